The number of nitrogens with zero attached hydrogens (tertiary/aromatic N) is 2. The molecule has 3 saturated heterocycles. The Morgan fingerprint density at radius 1 is 1.64 bits per heavy atom. The van der Waals surface area contributed by atoms with Crippen molar-refractivity contribution in [3.05, 3.63) is 5.21 Å². The number of methoxy groups -OCH3 is 1. The van der Waals surface area contributed by atoms with Crippen LogP contribution in [0.3, 0.4) is 0 Å². The van der Waals surface area contributed by atoms with Crippen LogP contribution in [0, 0.1) is 11.1 Å². The maximum absolute atomic E-state index is 12.1. The fourth-order valence-electron chi connectivity index (χ4n) is 2.47. The minimum absolute atomic E-state index is 0.0832. The number of hydrogen-bond acceptors (Lipinski definition) is 4. The first-order chi connectivity index (χ1) is 6.62. The van der Waals surface area contributed by atoms with Crippen molar-refractivity contribution < 1.29 is 4.74 Å². The highest BCUT2D eigenvalue weighted by molar-refractivity contribution is 5.00. The average molecular weight is 199 g/mol. The van der Waals surface area contributed by atoms with E-state index in [0.29, 0.717) is 5.92 Å². The zero-order valence-electron chi connectivity index (χ0n) is 9.19. The lowest BCUT2D eigenvalue weighted by molar-refractivity contribution is -0.169. The van der Waals surface area contributed by atoms with Gasteiger partial charge in [0, 0.05) is 26.1 Å². The average Bonchev–Trinajstić information content (AvgIpc) is 2.78. The van der Waals surface area contributed by atoms with Gasteiger partial charge in [0.2, 0.25) is 0 Å². The Labute approximate surface area is 85.4 Å². The van der Waals surface area contributed by atoms with Crippen LogP contribution in [0.15, 0.2) is 0 Å². The molecule has 14 heavy (non-hydrogen) atoms. The molecule has 3 heterocycles. The van der Waals surface area contributed by atoms with Crippen molar-refractivity contribution in [2.45, 2.75) is 38.6 Å². The van der Waals surface area contributed by atoms with Gasteiger partial charge in [0.1, 0.15) is 5.72 Å². The van der Waals surface area contributed by atoms with Crippen LogP contribution in [-0.2, 0) is 4.74 Å². The molecule has 0 N–H and O–H groups in total. The molecule has 0 aromatic carbocycles. The van der Waals surface area contributed by atoms with Crippen LogP contribution in [0.2, 0.25) is 0 Å². The summed E-state index contributed by atoms with van der Waals surface area (Å²) in [5, 5.41) is 13.3. The quantitative estimate of drug-likeness (QED) is 0.504. The van der Waals surface area contributed by atoms with Gasteiger partial charge in [-0.2, -0.15) is 0 Å². The predicted octanol–water partition coefficient (Wildman–Crippen LogP) is 1.22. The van der Waals surface area contributed by atoms with Gasteiger partial charge in [-0.3, -0.25) is 4.90 Å². The van der Waals surface area contributed by atoms with Crippen molar-refractivity contribution in [3.63, 3.8) is 0 Å². The maximum Gasteiger partial charge on any atom is 0.108 e. The summed E-state index contributed by atoms with van der Waals surface area (Å²) in [7, 11) is 1.62. The standard InChI is InChI=1S/C10H19N2O2/c1-4-10(2,14-3)12(13)9-8-5-6-11(9)7-8/h8-9H,4-7H2,1-3H3/q-1. The fraction of sp³-hybridized carbons (Fsp3) is 1.00. The topological polar surface area (TPSA) is 38.8 Å². The van der Waals surface area contributed by atoms with Gasteiger partial charge in [-0.1, -0.05) is 6.92 Å². The Morgan fingerprint density at radius 3 is 2.71 bits per heavy atom. The summed E-state index contributed by atoms with van der Waals surface area (Å²) in [6.07, 6.45) is 1.98. The molecule has 0 aliphatic carbocycles. The molecule has 3 fully saturated rings. The Balaban J connectivity index is 2.04. The normalized spacial score (nSPS) is 39.6. The molecule has 4 nitrogen and oxygen atoms in total. The molecule has 2 bridgehead atoms. The monoisotopic (exact) mass is 199 g/mol. The zero-order valence-corrected chi connectivity index (χ0v) is 9.19. The first kappa shape index (κ1) is 10.4. The summed E-state index contributed by atoms with van der Waals surface area (Å²) in [5.41, 5.74) is -0.647. The van der Waals surface area contributed by atoms with E-state index in [1.54, 1.807) is 7.11 Å². The molecule has 3 aliphatic rings. The van der Waals surface area contributed by atoms with Gasteiger partial charge in [0.25, 0.3) is 0 Å². The summed E-state index contributed by atoms with van der Waals surface area (Å²) < 4.78 is 5.32. The second-order valence-corrected chi connectivity index (χ2v) is 4.52. The first-order valence-electron chi connectivity index (χ1n) is 5.38. The Kier molecular flexibility index (Phi) is 2.55. The van der Waals surface area contributed by atoms with Crippen LogP contribution in [0.5, 0.6) is 0 Å². The van der Waals surface area contributed by atoms with E-state index in [4.69, 9.17) is 4.74 Å². The van der Waals surface area contributed by atoms with E-state index < -0.39 is 5.72 Å². The summed E-state index contributed by atoms with van der Waals surface area (Å²) in [6.45, 7) is 6.05. The number of rotatable bonds is 4. The van der Waals surface area contributed by atoms with Crippen LogP contribution < -0.4 is 0 Å². The third-order valence-electron chi connectivity index (χ3n) is 3.85. The highest BCUT2D eigenvalue weighted by Crippen LogP contribution is 2.40. The zero-order chi connectivity index (χ0) is 10.3. The molecule has 0 radical (unpaired) electrons. The predicted molar refractivity (Wildman–Crippen MR) is 54.4 cm³/mol. The summed E-state index contributed by atoms with van der Waals surface area (Å²) in [6, 6.07) is 0. The fourth-order valence-corrected chi connectivity index (χ4v) is 2.47. The van der Waals surface area contributed by atoms with E-state index in [9.17, 15) is 5.21 Å². The summed E-state index contributed by atoms with van der Waals surface area (Å²) in [5.74, 6) is 0.577. The van der Waals surface area contributed by atoms with Gasteiger partial charge < -0.3 is 15.0 Å². The Hall–Kier alpha value is -0.160. The lowest BCUT2D eigenvalue weighted by Gasteiger charge is -2.57. The van der Waals surface area contributed by atoms with Crippen molar-refractivity contribution in [2.24, 2.45) is 5.92 Å². The molecule has 3 rings (SSSR count). The minimum atomic E-state index is -0.647. The van der Waals surface area contributed by atoms with Gasteiger partial charge in [-0.05, 0) is 19.8 Å². The molecule has 3 aliphatic heterocycles. The molecule has 0 saturated carbocycles. The van der Waals surface area contributed by atoms with Crippen LogP contribution in [0.25, 0.3) is 0 Å². The SMILES string of the molecule is CCC(C)(OC)N([O-])C1C2CCN1C2. The van der Waals surface area contributed by atoms with Crippen molar-refractivity contribution in [1.29, 1.82) is 0 Å². The van der Waals surface area contributed by atoms with Crippen LogP contribution in [0.4, 0.5) is 0 Å². The van der Waals surface area contributed by atoms with E-state index in [0.717, 1.165) is 24.6 Å². The molecule has 82 valence electrons. The van der Waals surface area contributed by atoms with Gasteiger partial charge in [-0.25, -0.2) is 0 Å². The van der Waals surface area contributed by atoms with Gasteiger partial charge in [0.05, 0.1) is 6.17 Å². The third kappa shape index (κ3) is 1.29. The van der Waals surface area contributed by atoms with Crippen molar-refractivity contribution >= 4 is 0 Å². The molecule has 4 heteroatoms. The lowest BCUT2D eigenvalue weighted by Crippen LogP contribution is -2.62. The molecule has 0 aromatic heterocycles. The van der Waals surface area contributed by atoms with Crippen molar-refractivity contribution in [2.75, 3.05) is 20.2 Å². The van der Waals surface area contributed by atoms with Gasteiger partial charge in [0.15, 0.2) is 0 Å². The van der Waals surface area contributed by atoms with Crippen molar-refractivity contribution in [1.82, 2.24) is 9.96 Å². The number of fused-ring (bicyclic) bond motifs is 1. The number of ether oxygens (including phenoxy) is 1. The smallest absolute Gasteiger partial charge is 0.108 e. The van der Waals surface area contributed by atoms with Gasteiger partial charge in [-0.15, -0.1) is 0 Å². The van der Waals surface area contributed by atoms with Crippen molar-refractivity contribution in [3.8, 4) is 0 Å². The van der Waals surface area contributed by atoms with E-state index >= 15 is 0 Å². The second-order valence-electron chi connectivity index (χ2n) is 4.52. The second kappa shape index (κ2) is 3.45. The van der Waals surface area contributed by atoms with Crippen LogP contribution >= 0.6 is 0 Å². The van der Waals surface area contributed by atoms with E-state index in [2.05, 4.69) is 4.90 Å². The molecule has 4 atom stereocenters. The van der Waals surface area contributed by atoms with E-state index in [-0.39, 0.29) is 6.17 Å². The molecule has 0 amide bonds. The number of hydrogen-bond donors (Lipinski definition) is 0. The minimum Gasteiger partial charge on any atom is -0.782 e. The highest BCUT2D eigenvalue weighted by atomic mass is 16.6. The Morgan fingerprint density at radius 2 is 2.36 bits per heavy atom. The largest absolute Gasteiger partial charge is 0.782 e. The molecule has 0 spiro atoms. The molecule has 0 aromatic rings. The summed E-state index contributed by atoms with van der Waals surface area (Å²) in [4.78, 5) is 2.24. The van der Waals surface area contributed by atoms with Crippen LogP contribution in [-0.4, -0.2) is 42.1 Å². The lowest BCUT2D eigenvalue weighted by atomic mass is 9.98. The van der Waals surface area contributed by atoms with Gasteiger partial charge >= 0.3 is 0 Å². The number of hydroxylamine groups is 2. The molecule has 4 unspecified atom stereocenters. The first-order valence-corrected chi connectivity index (χ1v) is 5.38. The molecular weight excluding hydrogens is 180 g/mol. The van der Waals surface area contributed by atoms with E-state index in [1.807, 2.05) is 13.8 Å². The Bertz CT molecular complexity index is 204. The molecular formula is C10H19N2O2-. The highest BCUT2D eigenvalue weighted by Gasteiger charge is 2.48. The summed E-state index contributed by atoms with van der Waals surface area (Å²) >= 11 is 0. The maximum atomic E-state index is 12.1. The van der Waals surface area contributed by atoms with E-state index in [1.165, 1.54) is 6.42 Å². The van der Waals surface area contributed by atoms with Crippen LogP contribution in [0.1, 0.15) is 26.7 Å². The third-order valence-corrected chi connectivity index (χ3v) is 3.85.